The fourth-order valence-electron chi connectivity index (χ4n) is 4.93. The second kappa shape index (κ2) is 6.46. The highest BCUT2D eigenvalue weighted by Gasteiger charge is 2.35. The topological polar surface area (TPSA) is 21.1 Å². The van der Waals surface area contributed by atoms with Crippen LogP contribution in [-0.4, -0.2) is 16.1 Å². The van der Waals surface area contributed by atoms with Crippen molar-refractivity contribution >= 4 is 43.3 Å². The van der Waals surface area contributed by atoms with E-state index in [1.807, 2.05) is 0 Å². The lowest BCUT2D eigenvalue weighted by molar-refractivity contribution is 0.437. The van der Waals surface area contributed by atoms with Gasteiger partial charge in [0.1, 0.15) is 0 Å². The minimum atomic E-state index is 0.453. The Hall–Kier alpha value is -2.11. The Morgan fingerprint density at radius 3 is 2.79 bits per heavy atom. The Kier molecular flexibility index (Phi) is 3.88. The standard InChI is InChI=1S/C23H20BrN3S/c24-16-10-8-15(9-11-16)19-14-28-23(25-19)27-13-12-26-20-6-2-1-4-17(20)18-5-3-7-21(27)22(18)26/h1-2,4,6,8-11,14,21H,3,5,7,12-13H2/t21-/m0/s1. The van der Waals surface area contributed by atoms with Crippen molar-refractivity contribution in [3.8, 4) is 11.3 Å². The second-order valence-electron chi connectivity index (χ2n) is 7.66. The van der Waals surface area contributed by atoms with Crippen molar-refractivity contribution in [2.24, 2.45) is 0 Å². The molecule has 6 rings (SSSR count). The molecule has 0 spiro atoms. The number of fused-ring (bicyclic) bond motifs is 3. The summed E-state index contributed by atoms with van der Waals surface area (Å²) in [6.45, 7) is 2.07. The second-order valence-corrected chi connectivity index (χ2v) is 9.41. The summed E-state index contributed by atoms with van der Waals surface area (Å²) >= 11 is 5.30. The van der Waals surface area contributed by atoms with Gasteiger partial charge < -0.3 is 9.47 Å². The van der Waals surface area contributed by atoms with Gasteiger partial charge in [-0.1, -0.05) is 46.3 Å². The van der Waals surface area contributed by atoms with Crippen LogP contribution in [0.2, 0.25) is 0 Å². The van der Waals surface area contributed by atoms with Crippen LogP contribution in [0.1, 0.15) is 30.1 Å². The van der Waals surface area contributed by atoms with E-state index in [1.54, 1.807) is 22.6 Å². The van der Waals surface area contributed by atoms with Crippen molar-refractivity contribution in [3.63, 3.8) is 0 Å². The van der Waals surface area contributed by atoms with E-state index in [0.717, 1.165) is 28.4 Å². The van der Waals surface area contributed by atoms with Gasteiger partial charge in [0.15, 0.2) is 5.13 Å². The number of aromatic nitrogens is 2. The van der Waals surface area contributed by atoms with Gasteiger partial charge in [-0.25, -0.2) is 4.98 Å². The van der Waals surface area contributed by atoms with Crippen LogP contribution in [0.3, 0.4) is 0 Å². The number of benzene rings is 2. The van der Waals surface area contributed by atoms with Crippen molar-refractivity contribution in [1.29, 1.82) is 0 Å². The number of nitrogens with zero attached hydrogens (tertiary/aromatic N) is 3. The van der Waals surface area contributed by atoms with Gasteiger partial charge in [0.05, 0.1) is 11.7 Å². The Balaban J connectivity index is 1.41. The van der Waals surface area contributed by atoms with Crippen LogP contribution >= 0.6 is 27.3 Å². The maximum atomic E-state index is 5.03. The first-order chi connectivity index (χ1) is 13.8. The molecule has 0 radical (unpaired) electrons. The molecule has 0 saturated heterocycles. The zero-order valence-corrected chi connectivity index (χ0v) is 17.8. The van der Waals surface area contributed by atoms with E-state index in [2.05, 4.69) is 79.3 Å². The van der Waals surface area contributed by atoms with Crippen LogP contribution in [0.5, 0.6) is 0 Å². The number of halogens is 1. The number of hydrogen-bond donors (Lipinski definition) is 0. The summed E-state index contributed by atoms with van der Waals surface area (Å²) in [6, 6.07) is 17.8. The van der Waals surface area contributed by atoms with E-state index in [0.29, 0.717) is 6.04 Å². The van der Waals surface area contributed by atoms with Gasteiger partial charge >= 0.3 is 0 Å². The highest BCUT2D eigenvalue weighted by molar-refractivity contribution is 9.10. The Morgan fingerprint density at radius 2 is 1.89 bits per heavy atom. The Morgan fingerprint density at radius 1 is 1.04 bits per heavy atom. The monoisotopic (exact) mass is 449 g/mol. The number of para-hydroxylation sites is 1. The van der Waals surface area contributed by atoms with Gasteiger partial charge in [0, 0.05) is 45.1 Å². The molecule has 5 heteroatoms. The molecule has 0 fully saturated rings. The van der Waals surface area contributed by atoms with Crippen LogP contribution in [0.15, 0.2) is 58.4 Å². The first-order valence-corrected chi connectivity index (χ1v) is 11.5. The molecule has 0 bridgehead atoms. The molecule has 140 valence electrons. The first-order valence-electron chi connectivity index (χ1n) is 9.88. The summed E-state index contributed by atoms with van der Waals surface area (Å²) < 4.78 is 3.68. The van der Waals surface area contributed by atoms with Gasteiger partial charge in [0.25, 0.3) is 0 Å². The highest BCUT2D eigenvalue weighted by atomic mass is 79.9. The molecule has 2 aromatic carbocycles. The number of rotatable bonds is 2. The predicted molar refractivity (Wildman–Crippen MR) is 120 cm³/mol. The molecule has 1 aliphatic heterocycles. The molecule has 0 N–H and O–H groups in total. The summed E-state index contributed by atoms with van der Waals surface area (Å²) in [5, 5.41) is 4.82. The van der Waals surface area contributed by atoms with E-state index in [4.69, 9.17) is 4.98 Å². The van der Waals surface area contributed by atoms with Crippen molar-refractivity contribution < 1.29 is 0 Å². The largest absolute Gasteiger partial charge is 0.341 e. The predicted octanol–water partition coefficient (Wildman–Crippen LogP) is 6.42. The van der Waals surface area contributed by atoms with Gasteiger partial charge in [-0.2, -0.15) is 0 Å². The molecule has 3 nitrogen and oxygen atoms in total. The van der Waals surface area contributed by atoms with E-state index in [1.165, 1.54) is 35.7 Å². The fourth-order valence-corrected chi connectivity index (χ4v) is 6.11. The number of hydrogen-bond acceptors (Lipinski definition) is 3. The third-order valence-electron chi connectivity index (χ3n) is 6.16. The molecule has 0 unspecified atom stereocenters. The molecular formula is C23H20BrN3S. The smallest absolute Gasteiger partial charge is 0.186 e. The number of thiazole rings is 1. The van der Waals surface area contributed by atoms with Gasteiger partial charge in [0.2, 0.25) is 0 Å². The molecule has 3 heterocycles. The molecule has 4 aromatic rings. The average molecular weight is 450 g/mol. The van der Waals surface area contributed by atoms with Gasteiger partial charge in [-0.05, 0) is 43.0 Å². The molecule has 0 saturated carbocycles. The molecule has 2 aliphatic rings. The third-order valence-corrected chi connectivity index (χ3v) is 7.56. The van der Waals surface area contributed by atoms with Crippen LogP contribution in [0.25, 0.3) is 22.2 Å². The van der Waals surface area contributed by atoms with Crippen molar-refractivity contribution in [3.05, 3.63) is 69.6 Å². The van der Waals surface area contributed by atoms with E-state index in [9.17, 15) is 0 Å². The normalized spacial score (nSPS) is 18.5. The Labute approximate surface area is 176 Å². The van der Waals surface area contributed by atoms with E-state index < -0.39 is 0 Å². The zero-order chi connectivity index (χ0) is 18.7. The SMILES string of the molecule is Brc1ccc(-c2csc(N3CCn4c5c(c6ccccc64)CCC[C@@H]53)n2)cc1. The number of anilines is 1. The van der Waals surface area contributed by atoms with E-state index in [-0.39, 0.29) is 0 Å². The molecule has 1 aliphatic carbocycles. The number of aryl methyl sites for hydroxylation is 1. The molecule has 1 atom stereocenters. The minimum absolute atomic E-state index is 0.453. The molecule has 0 amide bonds. The zero-order valence-electron chi connectivity index (χ0n) is 15.4. The van der Waals surface area contributed by atoms with Crippen LogP contribution < -0.4 is 4.90 Å². The minimum Gasteiger partial charge on any atom is -0.341 e. The summed E-state index contributed by atoms with van der Waals surface area (Å²) in [6.07, 6.45) is 3.68. The quantitative estimate of drug-likeness (QED) is 0.351. The van der Waals surface area contributed by atoms with Crippen molar-refractivity contribution in [2.45, 2.75) is 31.8 Å². The molecule has 28 heavy (non-hydrogen) atoms. The van der Waals surface area contributed by atoms with Gasteiger partial charge in [-0.15, -0.1) is 11.3 Å². The lowest BCUT2D eigenvalue weighted by Crippen LogP contribution is -2.39. The summed E-state index contributed by atoms with van der Waals surface area (Å²) in [7, 11) is 0. The van der Waals surface area contributed by atoms with E-state index >= 15 is 0 Å². The first kappa shape index (κ1) is 16.8. The highest BCUT2D eigenvalue weighted by Crippen LogP contribution is 2.45. The third kappa shape index (κ3) is 2.49. The lowest BCUT2D eigenvalue weighted by atomic mass is 9.90. The average Bonchev–Trinajstić information content (AvgIpc) is 3.34. The summed E-state index contributed by atoms with van der Waals surface area (Å²) in [4.78, 5) is 7.59. The van der Waals surface area contributed by atoms with Crippen molar-refractivity contribution in [1.82, 2.24) is 9.55 Å². The van der Waals surface area contributed by atoms with Crippen molar-refractivity contribution in [2.75, 3.05) is 11.4 Å². The fraction of sp³-hybridized carbons (Fsp3) is 0.261. The molecular weight excluding hydrogens is 430 g/mol. The van der Waals surface area contributed by atoms with Gasteiger partial charge in [-0.3, -0.25) is 0 Å². The Bertz CT molecular complexity index is 1140. The van der Waals surface area contributed by atoms with Crippen LogP contribution in [0.4, 0.5) is 5.13 Å². The molecule has 2 aromatic heterocycles. The summed E-state index contributed by atoms with van der Waals surface area (Å²) in [5.74, 6) is 0. The maximum Gasteiger partial charge on any atom is 0.186 e. The maximum absolute atomic E-state index is 5.03. The van der Waals surface area contributed by atoms with Crippen LogP contribution in [-0.2, 0) is 13.0 Å². The van der Waals surface area contributed by atoms with Crippen LogP contribution in [0, 0.1) is 0 Å². The lowest BCUT2D eigenvalue weighted by Gasteiger charge is -2.39. The summed E-state index contributed by atoms with van der Waals surface area (Å²) in [5.41, 5.74) is 6.78.